The highest BCUT2D eigenvalue weighted by molar-refractivity contribution is 7.89. The molecule has 0 amide bonds. The highest BCUT2D eigenvalue weighted by Crippen LogP contribution is 2.33. The van der Waals surface area contributed by atoms with Crippen LogP contribution in [0.4, 0.5) is 11.4 Å². The fourth-order valence-corrected chi connectivity index (χ4v) is 5.35. The van der Waals surface area contributed by atoms with E-state index in [1.807, 2.05) is 0 Å². The summed E-state index contributed by atoms with van der Waals surface area (Å²) in [6, 6.07) is 6.03. The van der Waals surface area contributed by atoms with Crippen molar-refractivity contribution in [3.05, 3.63) is 45.7 Å². The quantitative estimate of drug-likeness (QED) is 0.371. The van der Waals surface area contributed by atoms with Crippen molar-refractivity contribution >= 4 is 21.4 Å². The monoisotopic (exact) mass is 518 g/mol. The van der Waals surface area contributed by atoms with Crippen molar-refractivity contribution in [2.75, 3.05) is 13.2 Å². The zero-order valence-electron chi connectivity index (χ0n) is 21.7. The second-order valence-electron chi connectivity index (χ2n) is 9.44. The Morgan fingerprint density at radius 1 is 1.17 bits per heavy atom. The van der Waals surface area contributed by atoms with Crippen LogP contribution < -0.4 is 10.3 Å². The van der Waals surface area contributed by atoms with E-state index in [4.69, 9.17) is 4.74 Å². The summed E-state index contributed by atoms with van der Waals surface area (Å²) in [5, 5.41) is 19.4. The molecule has 1 aliphatic heterocycles. The number of benzene rings is 1. The fraction of sp³-hybridized carbons (Fsp3) is 0.577. The lowest BCUT2D eigenvalue weighted by molar-refractivity contribution is 0.114. The molecule has 198 valence electrons. The summed E-state index contributed by atoms with van der Waals surface area (Å²) in [5.41, 5.74) is 1.54. The van der Waals surface area contributed by atoms with Crippen molar-refractivity contribution in [3.8, 4) is 5.88 Å². The predicted molar refractivity (Wildman–Crippen MR) is 140 cm³/mol. The Morgan fingerprint density at radius 2 is 1.89 bits per heavy atom. The van der Waals surface area contributed by atoms with Crippen LogP contribution in [-0.4, -0.2) is 37.3 Å². The van der Waals surface area contributed by atoms with Gasteiger partial charge in [-0.3, -0.25) is 9.36 Å². The third-order valence-electron chi connectivity index (χ3n) is 6.87. The molecule has 9 nitrogen and oxygen atoms in total. The molecular formula is C26H38N4O5S. The van der Waals surface area contributed by atoms with Gasteiger partial charge in [0.15, 0.2) is 0 Å². The van der Waals surface area contributed by atoms with E-state index >= 15 is 0 Å². The first-order chi connectivity index (χ1) is 17.2. The molecule has 2 unspecified atom stereocenters. The Hall–Kier alpha value is -2.56. The van der Waals surface area contributed by atoms with Crippen molar-refractivity contribution < 1.29 is 18.3 Å². The molecular weight excluding hydrogens is 480 g/mol. The molecule has 0 saturated carbocycles. The number of sulfonamides is 1. The van der Waals surface area contributed by atoms with Gasteiger partial charge in [-0.25, -0.2) is 13.1 Å². The molecule has 36 heavy (non-hydrogen) atoms. The van der Waals surface area contributed by atoms with Crippen molar-refractivity contribution in [1.82, 2.24) is 9.29 Å². The Kier molecular flexibility index (Phi) is 9.81. The van der Waals surface area contributed by atoms with Gasteiger partial charge in [0, 0.05) is 25.3 Å². The number of hydrogen-bond acceptors (Lipinski definition) is 7. The summed E-state index contributed by atoms with van der Waals surface area (Å²) >= 11 is 0. The lowest BCUT2D eigenvalue weighted by Gasteiger charge is -2.19. The van der Waals surface area contributed by atoms with Crippen LogP contribution in [-0.2, 0) is 21.3 Å². The lowest BCUT2D eigenvalue weighted by atomic mass is 9.99. The molecule has 1 saturated heterocycles. The van der Waals surface area contributed by atoms with Gasteiger partial charge in [0.05, 0.1) is 16.7 Å². The van der Waals surface area contributed by atoms with Crippen LogP contribution in [0.15, 0.2) is 44.2 Å². The molecule has 2 atom stereocenters. The first-order valence-corrected chi connectivity index (χ1v) is 14.2. The number of hydrogen-bond donors (Lipinski definition) is 2. The standard InChI is InChI=1S/C26H38N4O5S/c1-5-7-9-20(6-2)17-30-25(31)19(4)18(3)24(26(30)32)29-28-21-11-13-23(14-12-21)36(33,34)27-16-22-10-8-15-35-22/h11-14,20,22,27,32H,5-10,15-17H2,1-4H3/b29-28+. The normalized spacial score (nSPS) is 17.2. The molecule has 0 spiro atoms. The second-order valence-corrected chi connectivity index (χ2v) is 11.2. The van der Waals surface area contributed by atoms with Crippen LogP contribution in [0.1, 0.15) is 63.5 Å². The van der Waals surface area contributed by atoms with Crippen LogP contribution in [0.5, 0.6) is 5.88 Å². The van der Waals surface area contributed by atoms with Crippen molar-refractivity contribution in [2.24, 2.45) is 16.1 Å². The topological polar surface area (TPSA) is 122 Å². The summed E-state index contributed by atoms with van der Waals surface area (Å²) in [7, 11) is -3.66. The number of azo groups is 1. The van der Waals surface area contributed by atoms with Gasteiger partial charge in [-0.15, -0.1) is 5.11 Å². The fourth-order valence-electron chi connectivity index (χ4n) is 4.29. The van der Waals surface area contributed by atoms with E-state index in [0.717, 1.165) is 38.5 Å². The van der Waals surface area contributed by atoms with Gasteiger partial charge >= 0.3 is 0 Å². The number of unbranched alkanes of at least 4 members (excludes halogenated alkanes) is 1. The number of ether oxygens (including phenoxy) is 1. The van der Waals surface area contributed by atoms with E-state index < -0.39 is 10.0 Å². The molecule has 1 aliphatic rings. The first-order valence-electron chi connectivity index (χ1n) is 12.7. The molecule has 3 rings (SSSR count). The Morgan fingerprint density at radius 3 is 2.50 bits per heavy atom. The number of aromatic nitrogens is 1. The molecule has 1 aromatic heterocycles. The van der Waals surface area contributed by atoms with Crippen LogP contribution in [0.2, 0.25) is 0 Å². The molecule has 2 N–H and O–H groups in total. The third-order valence-corrected chi connectivity index (χ3v) is 8.31. The van der Waals surface area contributed by atoms with Gasteiger partial charge in [-0.05, 0) is 68.9 Å². The summed E-state index contributed by atoms with van der Waals surface area (Å²) in [5.74, 6) is 0.0862. The summed E-state index contributed by atoms with van der Waals surface area (Å²) in [4.78, 5) is 13.0. The molecule has 0 bridgehead atoms. The van der Waals surface area contributed by atoms with E-state index in [9.17, 15) is 18.3 Å². The lowest BCUT2D eigenvalue weighted by Crippen LogP contribution is -2.31. The van der Waals surface area contributed by atoms with Crippen LogP contribution >= 0.6 is 0 Å². The maximum absolute atomic E-state index is 12.9. The number of nitrogens with zero attached hydrogens (tertiary/aromatic N) is 3. The van der Waals surface area contributed by atoms with E-state index in [0.29, 0.717) is 30.0 Å². The SMILES string of the molecule is CCCCC(CC)Cn1c(O)c(/N=N/c2ccc(S(=O)(=O)NCC3CCCO3)cc2)c(C)c(C)c1=O. The molecule has 2 aromatic rings. The van der Waals surface area contributed by atoms with Crippen LogP contribution in [0.25, 0.3) is 0 Å². The van der Waals surface area contributed by atoms with Gasteiger partial charge in [-0.2, -0.15) is 5.11 Å². The van der Waals surface area contributed by atoms with Crippen molar-refractivity contribution in [1.29, 1.82) is 0 Å². The molecule has 1 fully saturated rings. The minimum atomic E-state index is -3.66. The number of aromatic hydroxyl groups is 1. The van der Waals surface area contributed by atoms with Gasteiger partial charge < -0.3 is 9.84 Å². The van der Waals surface area contributed by atoms with E-state index in [1.54, 1.807) is 26.0 Å². The molecule has 0 radical (unpaired) electrons. The number of pyridine rings is 1. The van der Waals surface area contributed by atoms with Crippen LogP contribution in [0, 0.1) is 19.8 Å². The van der Waals surface area contributed by atoms with E-state index in [2.05, 4.69) is 28.8 Å². The molecule has 10 heteroatoms. The summed E-state index contributed by atoms with van der Waals surface area (Å²) in [6.07, 6.45) is 5.74. The molecule has 1 aromatic carbocycles. The van der Waals surface area contributed by atoms with Crippen LogP contribution in [0.3, 0.4) is 0 Å². The Bertz CT molecular complexity index is 1220. The van der Waals surface area contributed by atoms with Gasteiger partial charge in [-0.1, -0.05) is 33.1 Å². The summed E-state index contributed by atoms with van der Waals surface area (Å²) < 4.78 is 34.6. The predicted octanol–water partition coefficient (Wildman–Crippen LogP) is 5.26. The second kappa shape index (κ2) is 12.6. The molecule has 2 heterocycles. The number of nitrogens with one attached hydrogen (secondary N) is 1. The minimum absolute atomic E-state index is 0.0882. The zero-order chi connectivity index (χ0) is 26.3. The van der Waals surface area contributed by atoms with E-state index in [1.165, 1.54) is 16.7 Å². The highest BCUT2D eigenvalue weighted by Gasteiger charge is 2.21. The average Bonchev–Trinajstić information content (AvgIpc) is 3.40. The zero-order valence-corrected chi connectivity index (χ0v) is 22.5. The van der Waals surface area contributed by atoms with Crippen molar-refractivity contribution in [3.63, 3.8) is 0 Å². The highest BCUT2D eigenvalue weighted by atomic mass is 32.2. The summed E-state index contributed by atoms with van der Waals surface area (Å²) in [6.45, 7) is 9.02. The van der Waals surface area contributed by atoms with Gasteiger partial charge in [0.2, 0.25) is 15.9 Å². The molecule has 0 aliphatic carbocycles. The van der Waals surface area contributed by atoms with Crippen molar-refractivity contribution in [2.45, 2.75) is 83.8 Å². The van der Waals surface area contributed by atoms with E-state index in [-0.39, 0.29) is 40.6 Å². The largest absolute Gasteiger partial charge is 0.493 e. The Labute approximate surface area is 213 Å². The Balaban J connectivity index is 1.79. The first kappa shape index (κ1) is 28.0. The maximum atomic E-state index is 12.9. The number of rotatable bonds is 12. The third kappa shape index (κ3) is 6.80. The van der Waals surface area contributed by atoms with Gasteiger partial charge in [0.1, 0.15) is 5.69 Å². The average molecular weight is 519 g/mol. The maximum Gasteiger partial charge on any atom is 0.256 e. The van der Waals surface area contributed by atoms with Gasteiger partial charge in [0.25, 0.3) is 5.56 Å². The smallest absolute Gasteiger partial charge is 0.256 e. The minimum Gasteiger partial charge on any atom is -0.493 e.